The van der Waals surface area contributed by atoms with Crippen molar-refractivity contribution < 1.29 is 17.7 Å². The lowest BCUT2D eigenvalue weighted by Crippen LogP contribution is -2.14. The van der Waals surface area contributed by atoms with Crippen LogP contribution in [0.4, 0.5) is 14.5 Å². The van der Waals surface area contributed by atoms with Crippen LogP contribution in [0.3, 0.4) is 0 Å². The third kappa shape index (κ3) is 4.24. The summed E-state index contributed by atoms with van der Waals surface area (Å²) in [6, 6.07) is 14.6. The maximum absolute atomic E-state index is 12.5. The summed E-state index contributed by atoms with van der Waals surface area (Å²) in [5.41, 5.74) is 3.52. The number of ether oxygens (including phenoxy) is 1. The number of aryl methyl sites for hydroxylation is 1. The van der Waals surface area contributed by atoms with E-state index in [9.17, 15) is 13.0 Å². The number of benzene rings is 2. The first kappa shape index (κ1) is 19.2. The zero-order valence-corrected chi connectivity index (χ0v) is 16.1. The summed E-state index contributed by atoms with van der Waals surface area (Å²) in [4.78, 5) is 0. The molecule has 1 unspecified atom stereocenters. The van der Waals surface area contributed by atoms with Crippen LogP contribution >= 0.6 is 0 Å². The standard InChI is InChI=1S/C20H22F2N2O2S/c1-4-24-18(12-15-8-11-17(13-19(15)24)26-20(21)22)14-6-9-16(10-7-14)23-27(3,25)5-2/h6-13,20H,3-5H2,1-2H3,(H,23,25). The van der Waals surface area contributed by atoms with Crippen LogP contribution in [0.1, 0.15) is 13.8 Å². The summed E-state index contributed by atoms with van der Waals surface area (Å²) >= 11 is 0. The van der Waals surface area contributed by atoms with Gasteiger partial charge in [0.1, 0.15) is 5.75 Å². The molecule has 2 aromatic carbocycles. The molecule has 27 heavy (non-hydrogen) atoms. The zero-order valence-electron chi connectivity index (χ0n) is 15.2. The molecule has 4 nitrogen and oxygen atoms in total. The summed E-state index contributed by atoms with van der Waals surface area (Å²) in [7, 11) is -2.33. The SMILES string of the molecule is C=S(=O)(CC)Nc1ccc(-c2cc3ccc(OC(F)F)cc3n2CC)cc1. The quantitative estimate of drug-likeness (QED) is 0.576. The molecule has 0 saturated heterocycles. The van der Waals surface area contributed by atoms with Gasteiger partial charge in [-0.25, -0.2) is 4.21 Å². The van der Waals surface area contributed by atoms with Crippen LogP contribution < -0.4 is 9.46 Å². The normalized spacial score (nSPS) is 13.7. The molecule has 1 atom stereocenters. The zero-order chi connectivity index (χ0) is 19.6. The van der Waals surface area contributed by atoms with Gasteiger partial charge in [0, 0.05) is 44.8 Å². The molecule has 3 aromatic rings. The van der Waals surface area contributed by atoms with Crippen molar-refractivity contribution in [1.29, 1.82) is 0 Å². The van der Waals surface area contributed by atoms with Gasteiger partial charge in [-0.2, -0.15) is 8.78 Å². The van der Waals surface area contributed by atoms with E-state index >= 15 is 0 Å². The molecule has 3 rings (SSSR count). The first-order chi connectivity index (χ1) is 12.8. The molecule has 0 radical (unpaired) electrons. The predicted octanol–water partition coefficient (Wildman–Crippen LogP) is 4.99. The maximum atomic E-state index is 12.5. The van der Waals surface area contributed by atoms with E-state index in [2.05, 4.69) is 15.3 Å². The number of alkyl halides is 2. The number of nitrogens with zero attached hydrogens (tertiary/aromatic N) is 1. The van der Waals surface area contributed by atoms with Gasteiger partial charge < -0.3 is 14.0 Å². The van der Waals surface area contributed by atoms with Crippen LogP contribution in [0.15, 0.2) is 48.5 Å². The summed E-state index contributed by atoms with van der Waals surface area (Å²) in [5, 5.41) is 0.947. The smallest absolute Gasteiger partial charge is 0.387 e. The van der Waals surface area contributed by atoms with Gasteiger partial charge in [-0.1, -0.05) is 19.1 Å². The van der Waals surface area contributed by atoms with Gasteiger partial charge in [0.25, 0.3) is 0 Å². The molecule has 1 heterocycles. The summed E-state index contributed by atoms with van der Waals surface area (Å²) < 4.78 is 46.6. The van der Waals surface area contributed by atoms with E-state index in [-0.39, 0.29) is 5.75 Å². The van der Waals surface area contributed by atoms with E-state index < -0.39 is 16.3 Å². The van der Waals surface area contributed by atoms with Gasteiger partial charge in [-0.3, -0.25) is 0 Å². The van der Waals surface area contributed by atoms with Gasteiger partial charge >= 0.3 is 6.61 Å². The van der Waals surface area contributed by atoms with Gasteiger partial charge in [0.15, 0.2) is 0 Å². The Hall–Kier alpha value is -2.54. The van der Waals surface area contributed by atoms with E-state index in [1.54, 1.807) is 18.2 Å². The van der Waals surface area contributed by atoms with Gasteiger partial charge in [0.05, 0.1) is 5.52 Å². The second kappa shape index (κ2) is 7.60. The molecule has 0 aliphatic carbocycles. The molecular formula is C20H22F2N2O2S. The van der Waals surface area contributed by atoms with Crippen molar-refractivity contribution in [2.24, 2.45) is 0 Å². The second-order valence-electron chi connectivity index (χ2n) is 6.15. The Labute approximate surface area is 157 Å². The van der Waals surface area contributed by atoms with Crippen LogP contribution in [0, 0.1) is 0 Å². The van der Waals surface area contributed by atoms with E-state index in [0.29, 0.717) is 12.3 Å². The molecule has 1 aromatic heterocycles. The van der Waals surface area contributed by atoms with Crippen molar-refractivity contribution in [2.45, 2.75) is 27.0 Å². The minimum absolute atomic E-state index is 0.140. The first-order valence-corrected chi connectivity index (χ1v) is 10.5. The fraction of sp³-hybridized carbons (Fsp3) is 0.250. The van der Waals surface area contributed by atoms with Crippen molar-refractivity contribution in [3.63, 3.8) is 0 Å². The Balaban J connectivity index is 1.98. The molecule has 1 N–H and O–H groups in total. The van der Waals surface area contributed by atoms with Crippen molar-refractivity contribution >= 4 is 32.2 Å². The van der Waals surface area contributed by atoms with Crippen LogP contribution in [0.2, 0.25) is 0 Å². The van der Waals surface area contributed by atoms with Crippen LogP contribution in [-0.4, -0.2) is 27.0 Å². The van der Waals surface area contributed by atoms with Crippen molar-refractivity contribution in [2.75, 3.05) is 10.5 Å². The highest BCUT2D eigenvalue weighted by Gasteiger charge is 2.12. The van der Waals surface area contributed by atoms with E-state index in [0.717, 1.165) is 27.8 Å². The third-order valence-corrected chi connectivity index (χ3v) is 5.91. The molecule has 0 amide bonds. The highest BCUT2D eigenvalue weighted by Crippen LogP contribution is 2.31. The van der Waals surface area contributed by atoms with Crippen LogP contribution in [0.5, 0.6) is 5.75 Å². The number of fused-ring (bicyclic) bond motifs is 1. The first-order valence-electron chi connectivity index (χ1n) is 8.64. The Morgan fingerprint density at radius 3 is 2.44 bits per heavy atom. The molecule has 0 aliphatic rings. The second-order valence-corrected chi connectivity index (χ2v) is 8.56. The molecule has 7 heteroatoms. The number of hydrogen-bond acceptors (Lipinski definition) is 2. The maximum Gasteiger partial charge on any atom is 0.387 e. The fourth-order valence-electron chi connectivity index (χ4n) is 2.99. The molecule has 0 saturated carbocycles. The molecule has 0 spiro atoms. The van der Waals surface area contributed by atoms with Crippen LogP contribution in [0.25, 0.3) is 22.2 Å². The summed E-state index contributed by atoms with van der Waals surface area (Å²) in [6.45, 7) is 1.65. The van der Waals surface area contributed by atoms with Gasteiger partial charge in [-0.05, 0) is 48.7 Å². The number of halogens is 2. The fourth-order valence-corrected chi connectivity index (χ4v) is 3.70. The predicted molar refractivity (Wildman–Crippen MR) is 109 cm³/mol. The van der Waals surface area contributed by atoms with E-state index in [1.165, 1.54) is 0 Å². The van der Waals surface area contributed by atoms with E-state index in [4.69, 9.17) is 0 Å². The lowest BCUT2D eigenvalue weighted by atomic mass is 10.1. The topological polar surface area (TPSA) is 43.3 Å². The summed E-state index contributed by atoms with van der Waals surface area (Å²) in [5.74, 6) is 4.28. The Bertz CT molecular complexity index is 1040. The number of rotatable bonds is 7. The number of anilines is 1. The highest BCUT2D eigenvalue weighted by atomic mass is 32.2. The molecule has 0 bridgehead atoms. The van der Waals surface area contributed by atoms with Crippen LogP contribution in [-0.2, 0) is 16.3 Å². The number of nitrogens with one attached hydrogen (secondary N) is 1. The number of aromatic nitrogens is 1. The summed E-state index contributed by atoms with van der Waals surface area (Å²) in [6.07, 6.45) is 0. The third-order valence-electron chi connectivity index (χ3n) is 4.37. The Kier molecular flexibility index (Phi) is 5.41. The van der Waals surface area contributed by atoms with Gasteiger partial charge in [0.2, 0.25) is 0 Å². The monoisotopic (exact) mass is 392 g/mol. The molecule has 0 fully saturated rings. The lowest BCUT2D eigenvalue weighted by molar-refractivity contribution is -0.0497. The average Bonchev–Trinajstić information content (AvgIpc) is 2.99. The Morgan fingerprint density at radius 2 is 1.85 bits per heavy atom. The largest absolute Gasteiger partial charge is 0.435 e. The average molecular weight is 392 g/mol. The molecular weight excluding hydrogens is 370 g/mol. The van der Waals surface area contributed by atoms with E-state index in [1.807, 2.05) is 48.7 Å². The number of hydrogen-bond donors (Lipinski definition) is 1. The Morgan fingerprint density at radius 1 is 1.15 bits per heavy atom. The minimum Gasteiger partial charge on any atom is -0.435 e. The molecule has 0 aliphatic heterocycles. The van der Waals surface area contributed by atoms with Crippen molar-refractivity contribution in [3.8, 4) is 17.0 Å². The molecule has 144 valence electrons. The minimum atomic E-state index is -2.85. The van der Waals surface area contributed by atoms with Crippen molar-refractivity contribution in [1.82, 2.24) is 4.57 Å². The van der Waals surface area contributed by atoms with Gasteiger partial charge in [-0.15, -0.1) is 0 Å². The highest BCUT2D eigenvalue weighted by molar-refractivity contribution is 8.01. The van der Waals surface area contributed by atoms with Crippen molar-refractivity contribution in [3.05, 3.63) is 48.5 Å². The lowest BCUT2D eigenvalue weighted by Gasteiger charge is -2.12.